The van der Waals surface area contributed by atoms with Crippen molar-refractivity contribution in [1.29, 1.82) is 0 Å². The van der Waals surface area contributed by atoms with Crippen molar-refractivity contribution in [2.45, 2.75) is 32.2 Å². The number of anilines is 2. The van der Waals surface area contributed by atoms with Gasteiger partial charge in [0, 0.05) is 6.42 Å². The van der Waals surface area contributed by atoms with Crippen LogP contribution in [-0.2, 0) is 14.3 Å². The minimum Gasteiger partial charge on any atom is -0.462 e. The molecule has 144 valence electrons. The van der Waals surface area contributed by atoms with E-state index in [0.29, 0.717) is 33.0 Å². The maximum atomic E-state index is 12.1. The first-order valence-corrected chi connectivity index (χ1v) is 9.93. The second kappa shape index (κ2) is 9.97. The lowest BCUT2D eigenvalue weighted by Gasteiger charge is -2.03. The monoisotopic (exact) mass is 409 g/mol. The van der Waals surface area contributed by atoms with Crippen LogP contribution in [0, 0.1) is 6.92 Å². The number of ether oxygens (including phenoxy) is 1. The van der Waals surface area contributed by atoms with Gasteiger partial charge in [-0.1, -0.05) is 30.0 Å². The molecule has 0 saturated carbocycles. The van der Waals surface area contributed by atoms with Crippen LogP contribution in [0.5, 0.6) is 0 Å². The number of hydrogen-bond donors (Lipinski definition) is 2. The lowest BCUT2D eigenvalue weighted by atomic mass is 10.4. The second-order valence-electron chi connectivity index (χ2n) is 5.15. The molecule has 2 N–H and O–H groups in total. The standard InChI is InChI=1S/C16H19N5O4S2/c1-4-11(22)18-10-6-7-13(21-20-10)26-8-12(23)19-16-17-9(3)14(27-16)15(24)25-5-2/h6-7H,4-5,8H2,1-3H3,(H,17,19,23)(H,18,20,22). The highest BCUT2D eigenvalue weighted by Crippen LogP contribution is 2.24. The summed E-state index contributed by atoms with van der Waals surface area (Å²) < 4.78 is 4.95. The summed E-state index contributed by atoms with van der Waals surface area (Å²) in [4.78, 5) is 39.7. The average molecular weight is 409 g/mol. The van der Waals surface area contributed by atoms with Crippen LogP contribution in [0.4, 0.5) is 10.9 Å². The van der Waals surface area contributed by atoms with Crippen molar-refractivity contribution in [3.8, 4) is 0 Å². The van der Waals surface area contributed by atoms with Crippen LogP contribution < -0.4 is 10.6 Å². The van der Waals surface area contributed by atoms with Gasteiger partial charge in [-0.3, -0.25) is 9.59 Å². The first-order valence-electron chi connectivity index (χ1n) is 8.13. The molecule has 9 nitrogen and oxygen atoms in total. The summed E-state index contributed by atoms with van der Waals surface area (Å²) >= 11 is 2.27. The van der Waals surface area contributed by atoms with Crippen LogP contribution in [0.15, 0.2) is 17.2 Å². The molecule has 2 heterocycles. The van der Waals surface area contributed by atoms with Crippen LogP contribution in [0.25, 0.3) is 0 Å². The number of rotatable bonds is 8. The summed E-state index contributed by atoms with van der Waals surface area (Å²) in [7, 11) is 0. The van der Waals surface area contributed by atoms with Gasteiger partial charge in [-0.15, -0.1) is 10.2 Å². The Balaban J connectivity index is 1.86. The summed E-state index contributed by atoms with van der Waals surface area (Å²) in [5.74, 6) is -0.421. The third-order valence-corrected chi connectivity index (χ3v) is 5.06. The molecule has 0 fully saturated rings. The Bertz CT molecular complexity index is 823. The van der Waals surface area contributed by atoms with Gasteiger partial charge in [0.15, 0.2) is 10.9 Å². The number of carbonyl (C=O) groups excluding carboxylic acids is 3. The van der Waals surface area contributed by atoms with Crippen molar-refractivity contribution in [2.75, 3.05) is 23.0 Å². The number of aryl methyl sites for hydroxylation is 1. The molecule has 27 heavy (non-hydrogen) atoms. The lowest BCUT2D eigenvalue weighted by Crippen LogP contribution is -2.14. The molecule has 0 saturated heterocycles. The van der Waals surface area contributed by atoms with Gasteiger partial charge in [-0.05, 0) is 26.0 Å². The predicted molar refractivity (Wildman–Crippen MR) is 103 cm³/mol. The zero-order valence-electron chi connectivity index (χ0n) is 15.1. The fourth-order valence-electron chi connectivity index (χ4n) is 1.83. The number of thiazole rings is 1. The van der Waals surface area contributed by atoms with Gasteiger partial charge in [0.05, 0.1) is 18.1 Å². The first-order chi connectivity index (χ1) is 12.9. The van der Waals surface area contributed by atoms with Crippen LogP contribution >= 0.6 is 23.1 Å². The van der Waals surface area contributed by atoms with Gasteiger partial charge >= 0.3 is 5.97 Å². The fourth-order valence-corrected chi connectivity index (χ4v) is 3.32. The molecule has 0 spiro atoms. The van der Waals surface area contributed by atoms with Crippen molar-refractivity contribution < 1.29 is 19.1 Å². The van der Waals surface area contributed by atoms with Gasteiger partial charge < -0.3 is 15.4 Å². The molecule has 11 heteroatoms. The Labute approximate surface area is 164 Å². The van der Waals surface area contributed by atoms with E-state index in [1.165, 1.54) is 11.8 Å². The van der Waals surface area contributed by atoms with Crippen molar-refractivity contribution in [3.05, 3.63) is 22.7 Å². The summed E-state index contributed by atoms with van der Waals surface area (Å²) in [6, 6.07) is 3.29. The van der Waals surface area contributed by atoms with Crippen molar-refractivity contribution in [2.24, 2.45) is 0 Å². The molecule has 0 atom stereocenters. The van der Waals surface area contributed by atoms with Crippen LogP contribution in [0.1, 0.15) is 35.6 Å². The molecule has 0 radical (unpaired) electrons. The molecule has 0 aliphatic carbocycles. The number of carbonyl (C=O) groups is 3. The molecule has 0 aliphatic rings. The van der Waals surface area contributed by atoms with Crippen LogP contribution in [0.3, 0.4) is 0 Å². The van der Waals surface area contributed by atoms with Crippen LogP contribution in [-0.4, -0.2) is 45.3 Å². The summed E-state index contributed by atoms with van der Waals surface area (Å²) in [5.41, 5.74) is 0.511. The summed E-state index contributed by atoms with van der Waals surface area (Å²) in [5, 5.41) is 14.0. The molecular formula is C16H19N5O4S2. The van der Waals surface area contributed by atoms with E-state index in [9.17, 15) is 14.4 Å². The van der Waals surface area contributed by atoms with Gasteiger partial charge in [0.2, 0.25) is 11.8 Å². The number of nitrogens with zero attached hydrogens (tertiary/aromatic N) is 3. The first kappa shape index (κ1) is 20.8. The van der Waals surface area contributed by atoms with Gasteiger partial charge in [0.25, 0.3) is 0 Å². The molecular weight excluding hydrogens is 390 g/mol. The molecule has 0 aromatic carbocycles. The molecule has 2 aromatic heterocycles. The maximum Gasteiger partial charge on any atom is 0.350 e. The lowest BCUT2D eigenvalue weighted by molar-refractivity contribution is -0.116. The number of thioether (sulfide) groups is 1. The zero-order chi connectivity index (χ0) is 19.8. The Hall–Kier alpha value is -2.53. The number of amides is 2. The Kier molecular flexibility index (Phi) is 7.67. The van der Waals surface area contributed by atoms with E-state index in [1.807, 2.05) is 0 Å². The van der Waals surface area contributed by atoms with E-state index in [4.69, 9.17) is 4.74 Å². The molecule has 2 rings (SSSR count). The molecule has 0 bridgehead atoms. The van der Waals surface area contributed by atoms with Crippen molar-refractivity contribution in [3.63, 3.8) is 0 Å². The van der Waals surface area contributed by atoms with Crippen molar-refractivity contribution in [1.82, 2.24) is 15.2 Å². The quantitative estimate of drug-likeness (QED) is 0.503. The number of aromatic nitrogens is 3. The highest BCUT2D eigenvalue weighted by molar-refractivity contribution is 7.99. The fraction of sp³-hybridized carbons (Fsp3) is 0.375. The number of esters is 1. The van der Waals surface area contributed by atoms with E-state index >= 15 is 0 Å². The van der Waals surface area contributed by atoms with E-state index in [2.05, 4.69) is 25.8 Å². The number of hydrogen-bond acceptors (Lipinski definition) is 9. The predicted octanol–water partition coefficient (Wildman–Crippen LogP) is 2.50. The molecule has 2 amide bonds. The Morgan fingerprint density at radius 1 is 1.15 bits per heavy atom. The van der Waals surface area contributed by atoms with Crippen molar-refractivity contribution >= 4 is 51.8 Å². The Morgan fingerprint density at radius 2 is 1.93 bits per heavy atom. The normalized spacial score (nSPS) is 10.3. The number of nitrogens with one attached hydrogen (secondary N) is 2. The topological polar surface area (TPSA) is 123 Å². The molecule has 0 unspecified atom stereocenters. The minimum absolute atomic E-state index is 0.0999. The summed E-state index contributed by atoms with van der Waals surface area (Å²) in [6.07, 6.45) is 0.354. The van der Waals surface area contributed by atoms with E-state index in [-0.39, 0.29) is 24.2 Å². The summed E-state index contributed by atoms with van der Waals surface area (Å²) in [6.45, 7) is 5.42. The zero-order valence-corrected chi connectivity index (χ0v) is 16.7. The van der Waals surface area contributed by atoms with Crippen LogP contribution in [0.2, 0.25) is 0 Å². The van der Waals surface area contributed by atoms with Gasteiger partial charge in [-0.25, -0.2) is 9.78 Å². The minimum atomic E-state index is -0.451. The van der Waals surface area contributed by atoms with E-state index in [1.54, 1.807) is 32.9 Å². The average Bonchev–Trinajstić information content (AvgIpc) is 3.01. The molecule has 2 aromatic rings. The Morgan fingerprint density at radius 3 is 2.56 bits per heavy atom. The highest BCUT2D eigenvalue weighted by atomic mass is 32.2. The molecule has 0 aliphatic heterocycles. The SMILES string of the molecule is CCOC(=O)c1sc(NC(=O)CSc2ccc(NC(=O)CC)nn2)nc1C. The highest BCUT2D eigenvalue weighted by Gasteiger charge is 2.17. The van der Waals surface area contributed by atoms with Gasteiger partial charge in [-0.2, -0.15) is 0 Å². The maximum absolute atomic E-state index is 12.1. The third kappa shape index (κ3) is 6.29. The van der Waals surface area contributed by atoms with E-state index in [0.717, 1.165) is 11.3 Å². The third-order valence-electron chi connectivity index (χ3n) is 3.08. The van der Waals surface area contributed by atoms with Gasteiger partial charge in [0.1, 0.15) is 9.90 Å². The smallest absolute Gasteiger partial charge is 0.350 e. The second-order valence-corrected chi connectivity index (χ2v) is 7.14. The van der Waals surface area contributed by atoms with E-state index < -0.39 is 5.97 Å². The largest absolute Gasteiger partial charge is 0.462 e.